The van der Waals surface area contributed by atoms with Crippen LogP contribution in [-0.4, -0.2) is 56.1 Å². The third kappa shape index (κ3) is 3.14. The van der Waals surface area contributed by atoms with E-state index < -0.39 is 15.8 Å². The van der Waals surface area contributed by atoms with E-state index in [2.05, 4.69) is 10.3 Å². The van der Waals surface area contributed by atoms with E-state index >= 15 is 0 Å². The second kappa shape index (κ2) is 5.94. The van der Waals surface area contributed by atoms with Crippen LogP contribution in [0.3, 0.4) is 0 Å². The average molecular weight is 349 g/mol. The molecule has 0 aliphatic carbocycles. The molecule has 24 heavy (non-hydrogen) atoms. The molecule has 2 N–H and O–H groups in total. The number of pyridine rings is 1. The molecule has 1 aromatic heterocycles. The van der Waals surface area contributed by atoms with Gasteiger partial charge in [-0.1, -0.05) is 0 Å². The monoisotopic (exact) mass is 349 g/mol. The van der Waals surface area contributed by atoms with E-state index in [0.29, 0.717) is 23.0 Å². The lowest BCUT2D eigenvalue weighted by molar-refractivity contribution is 0.0697. The van der Waals surface area contributed by atoms with Crippen molar-refractivity contribution in [2.45, 2.75) is 12.5 Å². The van der Waals surface area contributed by atoms with E-state index in [1.165, 1.54) is 6.20 Å². The Morgan fingerprint density at radius 3 is 2.71 bits per heavy atom. The SMILES string of the molecule is CN(C)c1ccc2ncc(C(=O)O)c(N[C@H]3CCS(=O)(=O)C3)c2c1. The molecule has 1 aliphatic rings. The first kappa shape index (κ1) is 16.5. The Hall–Kier alpha value is -2.35. The van der Waals surface area contributed by atoms with Gasteiger partial charge in [-0.25, -0.2) is 13.2 Å². The fourth-order valence-corrected chi connectivity index (χ4v) is 4.56. The fourth-order valence-electron chi connectivity index (χ4n) is 2.89. The Morgan fingerprint density at radius 1 is 1.38 bits per heavy atom. The van der Waals surface area contributed by atoms with Gasteiger partial charge in [-0.3, -0.25) is 4.98 Å². The smallest absolute Gasteiger partial charge is 0.339 e. The number of carboxylic acids is 1. The van der Waals surface area contributed by atoms with E-state index in [0.717, 1.165) is 5.69 Å². The minimum Gasteiger partial charge on any atom is -0.478 e. The highest BCUT2D eigenvalue weighted by Gasteiger charge is 2.29. The van der Waals surface area contributed by atoms with Crippen molar-refractivity contribution >= 4 is 38.1 Å². The first-order chi connectivity index (χ1) is 11.3. The van der Waals surface area contributed by atoms with Crippen molar-refractivity contribution in [3.05, 3.63) is 30.0 Å². The Bertz CT molecular complexity index is 909. The molecule has 0 amide bonds. The summed E-state index contributed by atoms with van der Waals surface area (Å²) in [6, 6.07) is 5.30. The maximum absolute atomic E-state index is 11.7. The van der Waals surface area contributed by atoms with Crippen LogP contribution in [0.1, 0.15) is 16.8 Å². The largest absolute Gasteiger partial charge is 0.478 e. The summed E-state index contributed by atoms with van der Waals surface area (Å²) in [5, 5.41) is 13.3. The molecule has 1 aromatic carbocycles. The normalized spacial score (nSPS) is 19.3. The molecule has 1 atom stereocenters. The highest BCUT2D eigenvalue weighted by molar-refractivity contribution is 7.91. The van der Waals surface area contributed by atoms with Crippen molar-refractivity contribution in [1.82, 2.24) is 4.98 Å². The second-order valence-electron chi connectivity index (χ2n) is 6.19. The Kier molecular flexibility index (Phi) is 4.08. The molecule has 1 aliphatic heterocycles. The number of benzene rings is 1. The van der Waals surface area contributed by atoms with Crippen molar-refractivity contribution in [2.24, 2.45) is 0 Å². The number of fused-ring (bicyclic) bond motifs is 1. The lowest BCUT2D eigenvalue weighted by Crippen LogP contribution is -2.22. The van der Waals surface area contributed by atoms with Gasteiger partial charge in [0, 0.05) is 37.4 Å². The highest BCUT2D eigenvalue weighted by Crippen LogP contribution is 2.31. The van der Waals surface area contributed by atoms with Crippen LogP contribution in [0.15, 0.2) is 24.4 Å². The van der Waals surface area contributed by atoms with Crippen molar-refractivity contribution in [2.75, 3.05) is 35.8 Å². The van der Waals surface area contributed by atoms with Crippen LogP contribution in [-0.2, 0) is 9.84 Å². The van der Waals surface area contributed by atoms with Crippen LogP contribution < -0.4 is 10.2 Å². The van der Waals surface area contributed by atoms with E-state index in [-0.39, 0.29) is 23.1 Å². The number of aromatic nitrogens is 1. The van der Waals surface area contributed by atoms with Crippen LogP contribution in [0, 0.1) is 0 Å². The zero-order valence-electron chi connectivity index (χ0n) is 13.5. The van der Waals surface area contributed by atoms with Gasteiger partial charge < -0.3 is 15.3 Å². The molecule has 0 spiro atoms. The topological polar surface area (TPSA) is 99.6 Å². The van der Waals surface area contributed by atoms with Gasteiger partial charge in [0.1, 0.15) is 5.56 Å². The molecule has 0 unspecified atom stereocenters. The summed E-state index contributed by atoms with van der Waals surface area (Å²) in [5.74, 6) is -0.953. The highest BCUT2D eigenvalue weighted by atomic mass is 32.2. The maximum Gasteiger partial charge on any atom is 0.339 e. The van der Waals surface area contributed by atoms with Gasteiger partial charge >= 0.3 is 5.97 Å². The Balaban J connectivity index is 2.12. The number of hydrogen-bond acceptors (Lipinski definition) is 6. The molecule has 3 rings (SSSR count). The molecule has 0 bridgehead atoms. The van der Waals surface area contributed by atoms with Crippen LogP contribution in [0.25, 0.3) is 10.9 Å². The summed E-state index contributed by atoms with van der Waals surface area (Å²) in [7, 11) is 0.733. The molecule has 128 valence electrons. The van der Waals surface area contributed by atoms with E-state index in [9.17, 15) is 18.3 Å². The minimum absolute atomic E-state index is 0.0171. The first-order valence-electron chi connectivity index (χ1n) is 7.57. The van der Waals surface area contributed by atoms with Gasteiger partial charge in [-0.15, -0.1) is 0 Å². The molecular formula is C16H19N3O4S. The van der Waals surface area contributed by atoms with Crippen molar-refractivity contribution in [3.8, 4) is 0 Å². The Labute approximate surface area is 140 Å². The van der Waals surface area contributed by atoms with Crippen LogP contribution in [0.4, 0.5) is 11.4 Å². The average Bonchev–Trinajstić information content (AvgIpc) is 2.85. The number of nitrogens with zero attached hydrogens (tertiary/aromatic N) is 2. The van der Waals surface area contributed by atoms with Crippen molar-refractivity contribution < 1.29 is 18.3 Å². The number of hydrogen-bond donors (Lipinski definition) is 2. The van der Waals surface area contributed by atoms with Gasteiger partial charge in [0.25, 0.3) is 0 Å². The number of sulfone groups is 1. The number of nitrogens with one attached hydrogen (secondary N) is 1. The summed E-state index contributed by atoms with van der Waals surface area (Å²) in [5.41, 5.74) is 2.05. The summed E-state index contributed by atoms with van der Waals surface area (Å²) in [4.78, 5) is 17.7. The first-order valence-corrected chi connectivity index (χ1v) is 9.39. The lowest BCUT2D eigenvalue weighted by Gasteiger charge is -2.19. The fraction of sp³-hybridized carbons (Fsp3) is 0.375. The molecule has 0 saturated carbocycles. The quantitative estimate of drug-likeness (QED) is 0.865. The number of anilines is 2. The second-order valence-corrected chi connectivity index (χ2v) is 8.42. The van der Waals surface area contributed by atoms with Crippen LogP contribution >= 0.6 is 0 Å². The summed E-state index contributed by atoms with van der Waals surface area (Å²) >= 11 is 0. The minimum atomic E-state index is -3.06. The Morgan fingerprint density at radius 2 is 2.12 bits per heavy atom. The zero-order valence-corrected chi connectivity index (χ0v) is 14.3. The zero-order chi connectivity index (χ0) is 17.5. The molecule has 0 radical (unpaired) electrons. The van der Waals surface area contributed by atoms with E-state index in [1.807, 2.05) is 37.2 Å². The molecule has 2 heterocycles. The number of rotatable bonds is 4. The molecule has 1 saturated heterocycles. The summed E-state index contributed by atoms with van der Waals surface area (Å²) < 4.78 is 23.4. The van der Waals surface area contributed by atoms with Crippen molar-refractivity contribution in [3.63, 3.8) is 0 Å². The molecule has 1 fully saturated rings. The number of carbonyl (C=O) groups is 1. The van der Waals surface area contributed by atoms with E-state index in [1.54, 1.807) is 0 Å². The number of aromatic carboxylic acids is 1. The molecule has 2 aromatic rings. The van der Waals surface area contributed by atoms with Gasteiger partial charge in [-0.2, -0.15) is 0 Å². The van der Waals surface area contributed by atoms with Gasteiger partial charge in [0.05, 0.1) is 22.7 Å². The summed E-state index contributed by atoms with van der Waals surface area (Å²) in [6.07, 6.45) is 1.78. The summed E-state index contributed by atoms with van der Waals surface area (Å²) in [6.45, 7) is 0. The number of carboxylic acid groups (broad SMARTS) is 1. The standard InChI is InChI=1S/C16H19N3O4S/c1-19(2)11-3-4-14-12(7-11)15(13(8-17-14)16(20)21)18-10-5-6-24(22,23)9-10/h3-4,7-8,10H,5-6,9H2,1-2H3,(H,17,18)(H,20,21)/t10-/m0/s1. The third-order valence-electron chi connectivity index (χ3n) is 4.18. The van der Waals surface area contributed by atoms with Crippen LogP contribution in [0.2, 0.25) is 0 Å². The van der Waals surface area contributed by atoms with Gasteiger partial charge in [-0.05, 0) is 24.6 Å². The van der Waals surface area contributed by atoms with E-state index in [4.69, 9.17) is 0 Å². The third-order valence-corrected chi connectivity index (χ3v) is 5.95. The predicted octanol–water partition coefficient (Wildman–Crippen LogP) is 1.60. The molecular weight excluding hydrogens is 330 g/mol. The molecule has 8 heteroatoms. The lowest BCUT2D eigenvalue weighted by atomic mass is 10.1. The van der Waals surface area contributed by atoms with Crippen LogP contribution in [0.5, 0.6) is 0 Å². The maximum atomic E-state index is 11.7. The molecule has 7 nitrogen and oxygen atoms in total. The predicted molar refractivity (Wildman–Crippen MR) is 93.7 cm³/mol. The van der Waals surface area contributed by atoms with Crippen molar-refractivity contribution in [1.29, 1.82) is 0 Å². The van der Waals surface area contributed by atoms with Gasteiger partial charge in [0.2, 0.25) is 0 Å². The van der Waals surface area contributed by atoms with Gasteiger partial charge in [0.15, 0.2) is 9.84 Å².